The van der Waals surface area contributed by atoms with E-state index < -0.39 is 17.7 Å². The van der Waals surface area contributed by atoms with Crippen LogP contribution in [0.3, 0.4) is 0 Å². The van der Waals surface area contributed by atoms with Crippen LogP contribution in [0.25, 0.3) is 16.8 Å². The van der Waals surface area contributed by atoms with E-state index in [9.17, 15) is 18.0 Å². The lowest BCUT2D eigenvalue weighted by Gasteiger charge is -2.05. The van der Waals surface area contributed by atoms with E-state index >= 15 is 0 Å². The van der Waals surface area contributed by atoms with Crippen LogP contribution in [-0.2, 0) is 6.18 Å². The van der Waals surface area contributed by atoms with Gasteiger partial charge in [-0.1, -0.05) is 0 Å². The van der Waals surface area contributed by atoms with Crippen molar-refractivity contribution in [2.45, 2.75) is 6.18 Å². The van der Waals surface area contributed by atoms with E-state index in [0.29, 0.717) is 5.52 Å². The number of nitrogens with one attached hydrogen (secondary N) is 1. The molecule has 8 heteroatoms. The Kier molecular flexibility index (Phi) is 2.13. The Balaban J connectivity index is 2.30. The van der Waals surface area contributed by atoms with Crippen LogP contribution in [0.4, 0.5) is 13.2 Å². The van der Waals surface area contributed by atoms with E-state index in [1.165, 1.54) is 16.7 Å². The maximum absolute atomic E-state index is 12.6. The molecular weight excluding hydrogens is 263 g/mol. The van der Waals surface area contributed by atoms with Gasteiger partial charge in [-0.2, -0.15) is 13.2 Å². The standard InChI is InChI=1S/C11H6F3N3O2/c12-11(13,14)5-1-2-6-8(3-5)17-4-7(9(18)19)16-10(17)15-6/h1-4H,(H,15,16)(H,18,19). The molecule has 0 saturated carbocycles. The summed E-state index contributed by atoms with van der Waals surface area (Å²) in [7, 11) is 0. The highest BCUT2D eigenvalue weighted by atomic mass is 19.4. The SMILES string of the molecule is O=C(O)c1cn2c(nc3ccc(C(F)(F)F)cc32)[nH]1. The van der Waals surface area contributed by atoms with Crippen LogP contribution in [0, 0.1) is 0 Å². The van der Waals surface area contributed by atoms with Crippen molar-refractivity contribution in [3.8, 4) is 0 Å². The summed E-state index contributed by atoms with van der Waals surface area (Å²) in [5.41, 5.74) is -0.383. The number of H-pyrrole nitrogens is 1. The van der Waals surface area contributed by atoms with Crippen LogP contribution in [0.15, 0.2) is 24.4 Å². The lowest BCUT2D eigenvalue weighted by Crippen LogP contribution is -2.04. The number of aromatic nitrogens is 3. The number of nitrogens with zero attached hydrogens (tertiary/aromatic N) is 2. The molecule has 0 saturated heterocycles. The molecule has 0 spiro atoms. The number of imidazole rings is 2. The second-order valence-electron chi connectivity index (χ2n) is 3.98. The lowest BCUT2D eigenvalue weighted by atomic mass is 10.2. The van der Waals surface area contributed by atoms with Crippen molar-refractivity contribution in [3.63, 3.8) is 0 Å². The predicted octanol–water partition coefficient (Wildman–Crippen LogP) is 2.53. The zero-order chi connectivity index (χ0) is 13.8. The van der Waals surface area contributed by atoms with Crippen molar-refractivity contribution >= 4 is 22.8 Å². The highest BCUT2D eigenvalue weighted by Gasteiger charge is 2.31. The van der Waals surface area contributed by atoms with Gasteiger partial charge >= 0.3 is 12.1 Å². The first kappa shape index (κ1) is 11.6. The van der Waals surface area contributed by atoms with Crippen LogP contribution in [0.1, 0.15) is 16.1 Å². The summed E-state index contributed by atoms with van der Waals surface area (Å²) >= 11 is 0. The van der Waals surface area contributed by atoms with Gasteiger partial charge in [0.1, 0.15) is 5.69 Å². The van der Waals surface area contributed by atoms with Gasteiger partial charge in [0, 0.05) is 6.20 Å². The molecule has 0 aliphatic heterocycles. The normalized spacial score (nSPS) is 12.4. The van der Waals surface area contributed by atoms with Crippen LogP contribution < -0.4 is 0 Å². The van der Waals surface area contributed by atoms with Crippen LogP contribution in [-0.4, -0.2) is 25.4 Å². The van der Waals surface area contributed by atoms with E-state index in [1.807, 2.05) is 0 Å². The molecule has 98 valence electrons. The van der Waals surface area contributed by atoms with Gasteiger partial charge in [0.25, 0.3) is 0 Å². The summed E-state index contributed by atoms with van der Waals surface area (Å²) in [6, 6.07) is 3.13. The molecule has 1 aromatic carbocycles. The van der Waals surface area contributed by atoms with E-state index in [4.69, 9.17) is 5.11 Å². The first-order valence-corrected chi connectivity index (χ1v) is 5.17. The monoisotopic (exact) mass is 269 g/mol. The van der Waals surface area contributed by atoms with Crippen molar-refractivity contribution in [2.24, 2.45) is 0 Å². The first-order chi connectivity index (χ1) is 8.86. The minimum absolute atomic E-state index is 0.137. The number of aromatic amines is 1. The number of aromatic carboxylic acids is 1. The van der Waals surface area contributed by atoms with Crippen molar-refractivity contribution < 1.29 is 23.1 Å². The summed E-state index contributed by atoms with van der Waals surface area (Å²) in [5.74, 6) is -1.02. The van der Waals surface area contributed by atoms with E-state index in [2.05, 4.69) is 9.97 Å². The maximum atomic E-state index is 12.6. The van der Waals surface area contributed by atoms with Gasteiger partial charge in [-0.05, 0) is 18.2 Å². The van der Waals surface area contributed by atoms with E-state index in [0.717, 1.165) is 12.1 Å². The number of hydrogen-bond donors (Lipinski definition) is 2. The molecule has 2 heterocycles. The Labute approximate surface area is 103 Å². The minimum atomic E-state index is -4.45. The quantitative estimate of drug-likeness (QED) is 0.713. The molecule has 2 aromatic heterocycles. The predicted molar refractivity (Wildman–Crippen MR) is 59.0 cm³/mol. The average Bonchev–Trinajstić information content (AvgIpc) is 2.83. The van der Waals surface area contributed by atoms with Crippen LogP contribution >= 0.6 is 0 Å². The highest BCUT2D eigenvalue weighted by molar-refractivity contribution is 5.88. The van der Waals surface area contributed by atoms with Gasteiger partial charge < -0.3 is 10.1 Å². The maximum Gasteiger partial charge on any atom is 0.416 e. The number of alkyl halides is 3. The molecule has 0 aliphatic rings. The van der Waals surface area contributed by atoms with Gasteiger partial charge in [-0.25, -0.2) is 9.78 Å². The Bertz CT molecular complexity index is 801. The van der Waals surface area contributed by atoms with Crippen LogP contribution in [0.5, 0.6) is 0 Å². The minimum Gasteiger partial charge on any atom is -0.477 e. The topological polar surface area (TPSA) is 70.4 Å². The third kappa shape index (κ3) is 1.72. The molecule has 0 fully saturated rings. The molecule has 3 aromatic rings. The Hall–Kier alpha value is -2.51. The summed E-state index contributed by atoms with van der Waals surface area (Å²) in [4.78, 5) is 17.3. The second kappa shape index (κ2) is 3.50. The zero-order valence-corrected chi connectivity index (χ0v) is 9.19. The number of carboxylic acid groups (broad SMARTS) is 1. The number of fused-ring (bicyclic) bond motifs is 3. The highest BCUT2D eigenvalue weighted by Crippen LogP contribution is 2.31. The van der Waals surface area contributed by atoms with Gasteiger partial charge in [0.15, 0.2) is 0 Å². The number of hydrogen-bond acceptors (Lipinski definition) is 2. The number of benzene rings is 1. The van der Waals surface area contributed by atoms with Gasteiger partial charge in [-0.3, -0.25) is 4.40 Å². The smallest absolute Gasteiger partial charge is 0.416 e. The molecule has 19 heavy (non-hydrogen) atoms. The van der Waals surface area contributed by atoms with Crippen molar-refractivity contribution in [3.05, 3.63) is 35.7 Å². The van der Waals surface area contributed by atoms with Gasteiger partial charge in [0.2, 0.25) is 5.78 Å². The average molecular weight is 269 g/mol. The van der Waals surface area contributed by atoms with Gasteiger partial charge in [-0.15, -0.1) is 0 Å². The first-order valence-electron chi connectivity index (χ1n) is 5.17. The van der Waals surface area contributed by atoms with Crippen molar-refractivity contribution in [1.29, 1.82) is 0 Å². The number of halogens is 3. The van der Waals surface area contributed by atoms with E-state index in [-0.39, 0.29) is 17.0 Å². The zero-order valence-electron chi connectivity index (χ0n) is 9.19. The molecule has 5 nitrogen and oxygen atoms in total. The molecule has 3 rings (SSSR count). The summed E-state index contributed by atoms with van der Waals surface area (Å²) < 4.78 is 39.2. The summed E-state index contributed by atoms with van der Waals surface area (Å²) in [6.45, 7) is 0. The number of carboxylic acids is 1. The third-order valence-electron chi connectivity index (χ3n) is 2.75. The van der Waals surface area contributed by atoms with Gasteiger partial charge in [0.05, 0.1) is 16.6 Å². The Morgan fingerprint density at radius 1 is 1.37 bits per heavy atom. The summed E-state index contributed by atoms with van der Waals surface area (Å²) in [5, 5.41) is 8.81. The lowest BCUT2D eigenvalue weighted by molar-refractivity contribution is -0.137. The fourth-order valence-electron chi connectivity index (χ4n) is 1.88. The largest absolute Gasteiger partial charge is 0.477 e. The van der Waals surface area contributed by atoms with Crippen molar-refractivity contribution in [2.75, 3.05) is 0 Å². The molecule has 0 amide bonds. The Morgan fingerprint density at radius 2 is 2.11 bits per heavy atom. The molecule has 2 N–H and O–H groups in total. The molecule has 0 radical (unpaired) electrons. The number of carbonyl (C=O) groups is 1. The summed E-state index contributed by atoms with van der Waals surface area (Å²) in [6.07, 6.45) is -3.25. The third-order valence-corrected chi connectivity index (χ3v) is 2.75. The molecule has 0 bridgehead atoms. The molecule has 0 unspecified atom stereocenters. The molecule has 0 atom stereocenters. The van der Waals surface area contributed by atoms with Crippen LogP contribution in [0.2, 0.25) is 0 Å². The fourth-order valence-corrected chi connectivity index (χ4v) is 1.88. The fraction of sp³-hybridized carbons (Fsp3) is 0.0909. The Morgan fingerprint density at radius 3 is 2.74 bits per heavy atom. The van der Waals surface area contributed by atoms with Crippen molar-refractivity contribution in [1.82, 2.24) is 14.4 Å². The molecular formula is C11H6F3N3O2. The second-order valence-corrected chi connectivity index (χ2v) is 3.98. The number of rotatable bonds is 1. The molecule has 0 aliphatic carbocycles. The van der Waals surface area contributed by atoms with E-state index in [1.54, 1.807) is 0 Å².